The lowest BCUT2D eigenvalue weighted by molar-refractivity contribution is 0.0948. The number of hydrogen-bond acceptors (Lipinski definition) is 4. The van der Waals surface area contributed by atoms with Gasteiger partial charge in [0.25, 0.3) is 11.8 Å². The molecule has 1 aliphatic heterocycles. The second-order valence-corrected chi connectivity index (χ2v) is 11.3. The Morgan fingerprint density at radius 1 is 0.947 bits per heavy atom. The van der Waals surface area contributed by atoms with E-state index in [2.05, 4.69) is 24.1 Å². The van der Waals surface area contributed by atoms with Crippen LogP contribution in [0.3, 0.4) is 0 Å². The largest absolute Gasteiger partial charge is 0.352 e. The molecule has 3 aromatic rings. The molecule has 4 rings (SSSR count). The summed E-state index contributed by atoms with van der Waals surface area (Å²) in [7, 11) is -1.57. The summed E-state index contributed by atoms with van der Waals surface area (Å²) in [6.07, 6.45) is 3.07. The van der Waals surface area contributed by atoms with E-state index in [-0.39, 0.29) is 18.4 Å². The van der Waals surface area contributed by atoms with Gasteiger partial charge in [-0.3, -0.25) is 9.59 Å². The number of benzene rings is 3. The third kappa shape index (κ3) is 6.52. The van der Waals surface area contributed by atoms with Crippen LogP contribution in [-0.4, -0.2) is 47.1 Å². The fourth-order valence-corrected chi connectivity index (χ4v) is 6.31. The van der Waals surface area contributed by atoms with Crippen LogP contribution < -0.4 is 10.2 Å². The van der Waals surface area contributed by atoms with Crippen molar-refractivity contribution in [2.24, 2.45) is 0 Å². The molecule has 1 N–H and O–H groups in total. The molecule has 38 heavy (non-hydrogen) atoms. The topological polar surface area (TPSA) is 69.7 Å². The summed E-state index contributed by atoms with van der Waals surface area (Å²) in [6, 6.07) is 19.3. The van der Waals surface area contributed by atoms with Gasteiger partial charge in [-0.15, -0.1) is 0 Å². The van der Waals surface area contributed by atoms with Crippen LogP contribution >= 0.6 is 11.6 Å². The summed E-state index contributed by atoms with van der Waals surface area (Å²) in [4.78, 5) is 31.8. The van der Waals surface area contributed by atoms with Crippen molar-refractivity contribution in [1.29, 1.82) is 0 Å². The van der Waals surface area contributed by atoms with Gasteiger partial charge in [0.15, 0.2) is 0 Å². The summed E-state index contributed by atoms with van der Waals surface area (Å²) in [5.41, 5.74) is 2.11. The Morgan fingerprint density at radius 2 is 1.71 bits per heavy atom. The Bertz CT molecular complexity index is 1320. The van der Waals surface area contributed by atoms with Crippen LogP contribution in [0.25, 0.3) is 0 Å². The summed E-state index contributed by atoms with van der Waals surface area (Å²) in [6.45, 7) is 8.19. The molecule has 0 unspecified atom stereocenters. The summed E-state index contributed by atoms with van der Waals surface area (Å²) in [5.74, 6) is -0.481. The molecule has 0 aliphatic carbocycles. The van der Waals surface area contributed by atoms with E-state index < -0.39 is 10.8 Å². The van der Waals surface area contributed by atoms with Crippen LogP contribution in [0, 0.1) is 0 Å². The van der Waals surface area contributed by atoms with Gasteiger partial charge >= 0.3 is 0 Å². The van der Waals surface area contributed by atoms with Crippen molar-refractivity contribution >= 4 is 39.9 Å². The summed E-state index contributed by atoms with van der Waals surface area (Å²) >= 11 is 6.21. The average Bonchev–Trinajstić information content (AvgIpc) is 3.00. The zero-order valence-electron chi connectivity index (χ0n) is 21.9. The van der Waals surface area contributed by atoms with Crippen molar-refractivity contribution in [1.82, 2.24) is 10.2 Å². The molecule has 0 spiro atoms. The first-order chi connectivity index (χ1) is 18.4. The Kier molecular flexibility index (Phi) is 9.72. The average molecular weight is 552 g/mol. The third-order valence-electron chi connectivity index (χ3n) is 6.52. The van der Waals surface area contributed by atoms with Crippen molar-refractivity contribution < 1.29 is 13.8 Å². The number of hydrogen-bond donors (Lipinski definition) is 1. The number of rotatable bonds is 11. The molecule has 0 fully saturated rings. The smallest absolute Gasteiger partial charge is 0.259 e. The van der Waals surface area contributed by atoms with Gasteiger partial charge < -0.3 is 15.1 Å². The first-order valence-electron chi connectivity index (χ1n) is 13.1. The van der Waals surface area contributed by atoms with Crippen molar-refractivity contribution in [3.63, 3.8) is 0 Å². The van der Waals surface area contributed by atoms with Crippen molar-refractivity contribution in [3.05, 3.63) is 88.4 Å². The molecule has 0 saturated carbocycles. The first kappa shape index (κ1) is 28.0. The molecule has 0 saturated heterocycles. The van der Waals surface area contributed by atoms with Gasteiger partial charge in [-0.2, -0.15) is 0 Å². The number of halogens is 1. The molecular weight excluding hydrogens is 518 g/mol. The first-order valence-corrected chi connectivity index (χ1v) is 14.7. The molecule has 1 aliphatic rings. The SMILES string of the molecule is CCCN(CCC)CCCNC(=O)c1ccc2c(c1)N(Cc1cccc(Cl)c1)C(=O)c1ccccc1[S@]2=O. The lowest BCUT2D eigenvalue weighted by Gasteiger charge is -2.24. The van der Waals surface area contributed by atoms with Gasteiger partial charge in [0.2, 0.25) is 0 Å². The van der Waals surface area contributed by atoms with Crippen LogP contribution in [-0.2, 0) is 17.3 Å². The predicted molar refractivity (Wildman–Crippen MR) is 153 cm³/mol. The van der Waals surface area contributed by atoms with Crippen LogP contribution in [0.5, 0.6) is 0 Å². The van der Waals surface area contributed by atoms with E-state index in [0.717, 1.165) is 44.5 Å². The summed E-state index contributed by atoms with van der Waals surface area (Å²) in [5, 5.41) is 3.58. The van der Waals surface area contributed by atoms with E-state index in [1.807, 2.05) is 12.1 Å². The molecule has 8 heteroatoms. The molecule has 0 radical (unpaired) electrons. The van der Waals surface area contributed by atoms with Crippen molar-refractivity contribution in [3.8, 4) is 0 Å². The lowest BCUT2D eigenvalue weighted by Crippen LogP contribution is -2.32. The number of amides is 2. The fraction of sp³-hybridized carbons (Fsp3) is 0.333. The van der Waals surface area contributed by atoms with E-state index in [1.54, 1.807) is 59.5 Å². The lowest BCUT2D eigenvalue weighted by atomic mass is 10.1. The zero-order chi connectivity index (χ0) is 27.1. The normalized spacial score (nSPS) is 14.7. The quantitative estimate of drug-likeness (QED) is 0.301. The van der Waals surface area contributed by atoms with Gasteiger partial charge in [-0.25, -0.2) is 4.21 Å². The minimum Gasteiger partial charge on any atom is -0.352 e. The van der Waals surface area contributed by atoms with Crippen LogP contribution in [0.2, 0.25) is 5.02 Å². The maximum atomic E-state index is 13.7. The van der Waals surface area contributed by atoms with Gasteiger partial charge in [0.1, 0.15) is 0 Å². The van der Waals surface area contributed by atoms with Gasteiger partial charge in [0.05, 0.1) is 38.4 Å². The highest BCUT2D eigenvalue weighted by Crippen LogP contribution is 2.36. The predicted octanol–water partition coefficient (Wildman–Crippen LogP) is 5.91. The number of nitrogens with one attached hydrogen (secondary N) is 1. The standard InChI is InChI=1S/C30H34ClN3O3S/c1-3-16-33(17-4-2)18-8-15-32-29(35)23-13-14-28-26(20-23)34(21-22-9-7-10-24(31)19-22)30(36)25-11-5-6-12-27(25)38(28)37/h5-7,9-14,19-20H,3-4,8,15-18,21H2,1-2H3,(H,32,35)/t38-/m1/s1. The van der Waals surface area contributed by atoms with Crippen LogP contribution in [0.15, 0.2) is 76.5 Å². The number of fused-ring (bicyclic) bond motifs is 2. The van der Waals surface area contributed by atoms with E-state index >= 15 is 0 Å². The third-order valence-corrected chi connectivity index (χ3v) is 8.26. The maximum Gasteiger partial charge on any atom is 0.259 e. The molecule has 0 aromatic heterocycles. The van der Waals surface area contributed by atoms with Crippen LogP contribution in [0.4, 0.5) is 5.69 Å². The molecule has 200 valence electrons. The second kappa shape index (κ2) is 13.2. The van der Waals surface area contributed by atoms with E-state index in [4.69, 9.17) is 11.6 Å². The molecule has 6 nitrogen and oxygen atoms in total. The van der Waals surface area contributed by atoms with E-state index in [1.165, 1.54) is 0 Å². The zero-order valence-corrected chi connectivity index (χ0v) is 23.5. The number of carbonyl (C=O) groups is 2. The Morgan fingerprint density at radius 3 is 2.45 bits per heavy atom. The Labute approximate surface area is 232 Å². The fourth-order valence-electron chi connectivity index (χ4n) is 4.75. The molecular formula is C30H34ClN3O3S. The van der Waals surface area contributed by atoms with Crippen molar-refractivity contribution in [2.45, 2.75) is 49.4 Å². The van der Waals surface area contributed by atoms with Crippen LogP contribution in [0.1, 0.15) is 59.4 Å². The summed E-state index contributed by atoms with van der Waals surface area (Å²) < 4.78 is 13.6. The molecule has 3 aromatic carbocycles. The van der Waals surface area contributed by atoms with E-state index in [9.17, 15) is 13.8 Å². The van der Waals surface area contributed by atoms with Gasteiger partial charge in [0, 0.05) is 17.1 Å². The number of anilines is 1. The minimum atomic E-state index is -1.57. The molecule has 2 amide bonds. The highest BCUT2D eigenvalue weighted by Gasteiger charge is 2.31. The highest BCUT2D eigenvalue weighted by molar-refractivity contribution is 7.85. The Balaban J connectivity index is 1.60. The monoisotopic (exact) mass is 551 g/mol. The van der Waals surface area contributed by atoms with Gasteiger partial charge in [-0.1, -0.05) is 49.7 Å². The second-order valence-electron chi connectivity index (χ2n) is 9.42. The van der Waals surface area contributed by atoms with E-state index in [0.29, 0.717) is 38.2 Å². The maximum absolute atomic E-state index is 13.7. The highest BCUT2D eigenvalue weighted by atomic mass is 35.5. The molecule has 1 heterocycles. The number of carbonyl (C=O) groups excluding carboxylic acids is 2. The Hall–Kier alpha value is -3.00. The number of nitrogens with zero attached hydrogens (tertiary/aromatic N) is 2. The van der Waals surface area contributed by atoms with Crippen molar-refractivity contribution in [2.75, 3.05) is 31.1 Å². The molecule has 0 bridgehead atoms. The minimum absolute atomic E-state index is 0.215. The van der Waals surface area contributed by atoms with Gasteiger partial charge in [-0.05, 0) is 86.9 Å². The molecule has 1 atom stereocenters.